The first-order chi connectivity index (χ1) is 13.7. The van der Waals surface area contributed by atoms with E-state index in [0.717, 1.165) is 6.42 Å². The monoisotopic (exact) mass is 432 g/mol. The predicted octanol–water partition coefficient (Wildman–Crippen LogP) is -1.90. The van der Waals surface area contributed by atoms with Gasteiger partial charge in [-0.15, -0.1) is 0 Å². The number of phosphoric ester groups is 1. The van der Waals surface area contributed by atoms with Gasteiger partial charge in [-0.1, -0.05) is 0 Å². The van der Waals surface area contributed by atoms with E-state index in [-0.39, 0.29) is 5.56 Å². The second-order valence-electron chi connectivity index (χ2n) is 6.77. The lowest BCUT2D eigenvalue weighted by Crippen LogP contribution is -2.46. The van der Waals surface area contributed by atoms with Gasteiger partial charge < -0.3 is 30.5 Å². The summed E-state index contributed by atoms with van der Waals surface area (Å²) in [5.74, 6) is -1.59. The summed E-state index contributed by atoms with van der Waals surface area (Å²) in [4.78, 5) is 32.9. The summed E-state index contributed by atoms with van der Waals surface area (Å²) in [6.45, 7) is -0.0176. The smallest absolute Gasteiger partial charge is 0.387 e. The molecule has 1 unspecified atom stereocenters. The van der Waals surface area contributed by atoms with Crippen molar-refractivity contribution in [2.45, 2.75) is 43.4 Å². The summed E-state index contributed by atoms with van der Waals surface area (Å²) in [6.07, 6.45) is -1.12. The first-order valence-corrected chi connectivity index (χ1v) is 10.4. The number of nitrogens with zero attached hydrogens (tertiary/aromatic N) is 1. The van der Waals surface area contributed by atoms with E-state index in [2.05, 4.69) is 9.84 Å². The van der Waals surface area contributed by atoms with Gasteiger partial charge in [0.1, 0.15) is 23.8 Å². The number of phosphoric acid groups is 1. The lowest BCUT2D eigenvalue weighted by atomic mass is 10.1. The first-order valence-electron chi connectivity index (χ1n) is 8.94. The highest BCUT2D eigenvalue weighted by Crippen LogP contribution is 2.44. The summed E-state index contributed by atoms with van der Waals surface area (Å²) in [6, 6.07) is 2.30. The van der Waals surface area contributed by atoms with E-state index in [1.165, 1.54) is 29.1 Å². The molecule has 160 valence electrons. The molecule has 13 heteroatoms. The van der Waals surface area contributed by atoms with Crippen molar-refractivity contribution in [3.63, 3.8) is 0 Å². The second-order valence-corrected chi connectivity index (χ2v) is 8.15. The van der Waals surface area contributed by atoms with Gasteiger partial charge in [0.2, 0.25) is 0 Å². The molecule has 2 aliphatic rings. The van der Waals surface area contributed by atoms with E-state index < -0.39 is 56.9 Å². The number of primary amides is 1. The number of aliphatic hydroxyl groups is 2. The van der Waals surface area contributed by atoms with E-state index in [4.69, 9.17) is 15.0 Å². The van der Waals surface area contributed by atoms with Crippen molar-refractivity contribution in [2.75, 3.05) is 13.2 Å². The van der Waals surface area contributed by atoms with Crippen molar-refractivity contribution < 1.29 is 47.6 Å². The maximum Gasteiger partial charge on any atom is 0.529 e. The number of carbonyl (C=O) groups excluding carboxylic acids is 2. The van der Waals surface area contributed by atoms with Gasteiger partial charge in [0.15, 0.2) is 18.5 Å². The number of ether oxygens (including phenoxy) is 1. The molecule has 0 aromatic carbocycles. The Bertz CT molecular complexity index is 817. The molecule has 0 aliphatic carbocycles. The molecule has 1 aromatic heterocycles. The SMILES string of the molecule is NC(=O)c1ccc[n+]([C@@H]2O[C@H](COP(=O)(O)OC(=O)[C@@H]3CCCN3)[C@@H](O)[C@H]2O)c1. The van der Waals surface area contributed by atoms with Crippen molar-refractivity contribution in [2.24, 2.45) is 5.73 Å². The maximum atomic E-state index is 12.0. The number of aliphatic hydroxyl groups excluding tert-OH is 2. The van der Waals surface area contributed by atoms with Gasteiger partial charge in [-0.25, -0.2) is 9.36 Å². The molecule has 1 aromatic rings. The Balaban J connectivity index is 1.60. The number of aromatic nitrogens is 1. The minimum Gasteiger partial charge on any atom is -0.387 e. The third-order valence-corrected chi connectivity index (χ3v) is 5.58. The van der Waals surface area contributed by atoms with Gasteiger partial charge in [0.25, 0.3) is 12.1 Å². The van der Waals surface area contributed by atoms with Crippen molar-refractivity contribution in [3.05, 3.63) is 30.1 Å². The number of nitrogens with one attached hydrogen (secondary N) is 1. The van der Waals surface area contributed by atoms with Crippen molar-refractivity contribution in [3.8, 4) is 0 Å². The highest BCUT2D eigenvalue weighted by Gasteiger charge is 2.49. The summed E-state index contributed by atoms with van der Waals surface area (Å²) >= 11 is 0. The molecule has 0 bridgehead atoms. The largest absolute Gasteiger partial charge is 0.529 e. The zero-order chi connectivity index (χ0) is 21.2. The van der Waals surface area contributed by atoms with E-state index in [9.17, 15) is 29.3 Å². The van der Waals surface area contributed by atoms with Gasteiger partial charge >= 0.3 is 13.8 Å². The first kappa shape index (κ1) is 21.8. The topological polar surface area (TPSA) is 182 Å². The molecule has 12 nitrogen and oxygen atoms in total. The third-order valence-electron chi connectivity index (χ3n) is 4.69. The number of pyridine rings is 1. The lowest BCUT2D eigenvalue weighted by molar-refractivity contribution is -0.765. The molecular formula is C16H23N3O9P+. The van der Waals surface area contributed by atoms with Crippen LogP contribution in [0.4, 0.5) is 0 Å². The molecule has 2 aliphatic heterocycles. The van der Waals surface area contributed by atoms with Crippen LogP contribution in [0.3, 0.4) is 0 Å². The van der Waals surface area contributed by atoms with E-state index in [1.54, 1.807) is 0 Å². The molecule has 1 amide bonds. The number of hydrogen-bond donors (Lipinski definition) is 5. The van der Waals surface area contributed by atoms with Crippen molar-refractivity contribution >= 4 is 19.7 Å². The number of amides is 1. The van der Waals surface area contributed by atoms with Gasteiger partial charge in [-0.3, -0.25) is 14.2 Å². The fraction of sp³-hybridized carbons (Fsp3) is 0.562. The number of carbonyl (C=O) groups is 2. The molecule has 0 radical (unpaired) electrons. The number of nitrogens with two attached hydrogens (primary N) is 1. The van der Waals surface area contributed by atoms with Crippen LogP contribution in [0.25, 0.3) is 0 Å². The Morgan fingerprint density at radius 3 is 2.79 bits per heavy atom. The van der Waals surface area contributed by atoms with E-state index in [1.807, 2.05) is 0 Å². The zero-order valence-electron chi connectivity index (χ0n) is 15.3. The van der Waals surface area contributed by atoms with E-state index >= 15 is 0 Å². The molecular weight excluding hydrogens is 409 g/mol. The third kappa shape index (κ3) is 5.17. The minimum absolute atomic E-state index is 0.157. The second kappa shape index (κ2) is 8.84. The molecule has 0 spiro atoms. The lowest BCUT2D eigenvalue weighted by Gasteiger charge is -2.17. The summed E-state index contributed by atoms with van der Waals surface area (Å²) < 4.78 is 28.1. The maximum absolute atomic E-state index is 12.0. The van der Waals surface area contributed by atoms with E-state index in [0.29, 0.717) is 13.0 Å². The van der Waals surface area contributed by atoms with Crippen LogP contribution in [0.1, 0.15) is 29.4 Å². The summed E-state index contributed by atoms with van der Waals surface area (Å²) in [7, 11) is -4.74. The highest BCUT2D eigenvalue weighted by molar-refractivity contribution is 7.48. The Labute approximate surface area is 165 Å². The van der Waals surface area contributed by atoms with Crippen LogP contribution in [-0.2, 0) is 23.1 Å². The molecule has 29 heavy (non-hydrogen) atoms. The number of hydrogen-bond acceptors (Lipinski definition) is 9. The fourth-order valence-electron chi connectivity index (χ4n) is 3.17. The predicted molar refractivity (Wildman–Crippen MR) is 94.0 cm³/mol. The fourth-order valence-corrected chi connectivity index (χ4v) is 3.91. The van der Waals surface area contributed by atoms with Crippen molar-refractivity contribution in [1.82, 2.24) is 5.32 Å². The summed E-state index contributed by atoms with van der Waals surface area (Å²) in [5.41, 5.74) is 5.38. The Hall–Kier alpha value is -1.92. The minimum atomic E-state index is -4.74. The molecule has 6 atom stereocenters. The standard InChI is InChI=1S/C16H22N3O9P/c17-14(22)9-3-2-6-19(7-9)15-13(21)12(20)11(27-15)8-26-29(24,25)28-16(23)10-4-1-5-18-10/h2-3,6-7,10-13,15,18,20-21H,1,4-5,8H2,(H2-,17,22,24,25)/p+1/t10-,11+,12+,13+,15+/m0/s1. The molecule has 6 N–H and O–H groups in total. The summed E-state index contributed by atoms with van der Waals surface area (Å²) in [5, 5.41) is 23.2. The van der Waals surface area contributed by atoms with Crippen LogP contribution in [0.5, 0.6) is 0 Å². The van der Waals surface area contributed by atoms with Gasteiger partial charge in [0.05, 0.1) is 6.61 Å². The normalized spacial score (nSPS) is 31.3. The van der Waals surface area contributed by atoms with Crippen LogP contribution in [0, 0.1) is 0 Å². The van der Waals surface area contributed by atoms with Crippen LogP contribution in [0.2, 0.25) is 0 Å². The van der Waals surface area contributed by atoms with Crippen LogP contribution in [0.15, 0.2) is 24.5 Å². The Morgan fingerprint density at radius 2 is 2.14 bits per heavy atom. The average molecular weight is 432 g/mol. The van der Waals surface area contributed by atoms with Crippen LogP contribution < -0.4 is 15.6 Å². The Morgan fingerprint density at radius 1 is 1.38 bits per heavy atom. The number of rotatable bonds is 7. The quantitative estimate of drug-likeness (QED) is 0.241. The molecule has 2 fully saturated rings. The molecule has 3 rings (SSSR count). The van der Waals surface area contributed by atoms with Gasteiger partial charge in [-0.05, 0) is 25.5 Å². The average Bonchev–Trinajstić information content (AvgIpc) is 3.30. The molecule has 3 heterocycles. The van der Waals surface area contributed by atoms with Gasteiger partial charge in [-0.2, -0.15) is 4.57 Å². The van der Waals surface area contributed by atoms with Crippen molar-refractivity contribution in [1.29, 1.82) is 0 Å². The van der Waals surface area contributed by atoms with Gasteiger partial charge in [0, 0.05) is 6.07 Å². The highest BCUT2D eigenvalue weighted by atomic mass is 31.2. The Kier molecular flexibility index (Phi) is 6.64. The molecule has 0 saturated carbocycles. The zero-order valence-corrected chi connectivity index (χ0v) is 16.2. The van der Waals surface area contributed by atoms with Crippen LogP contribution >= 0.6 is 7.82 Å². The van der Waals surface area contributed by atoms with Crippen LogP contribution in [-0.4, -0.2) is 64.5 Å². The molecule has 2 saturated heterocycles.